The number of aromatic nitrogens is 1. The molecule has 1 aromatic heterocycles. The van der Waals surface area contributed by atoms with Gasteiger partial charge in [-0.2, -0.15) is 0 Å². The predicted octanol–water partition coefficient (Wildman–Crippen LogP) is 6.99. The number of rotatable bonds is 6. The quantitative estimate of drug-likeness (QED) is 0.542. The van der Waals surface area contributed by atoms with E-state index < -0.39 is 0 Å². The molecule has 1 N–H and O–H groups in total. The SMILES string of the molecule is C=C(C)C(/C=C/c1ccc(Nc2cc(N3CCCC(C)C3)ccn2)cc1)=C(C)C. The molecule has 0 bridgehead atoms. The van der Waals surface area contributed by atoms with Gasteiger partial charge in [-0.1, -0.05) is 48.9 Å². The zero-order chi connectivity index (χ0) is 20.8. The number of allylic oxidation sites excluding steroid dienone is 4. The van der Waals surface area contributed by atoms with Gasteiger partial charge in [0.2, 0.25) is 0 Å². The Morgan fingerprint density at radius 3 is 2.59 bits per heavy atom. The summed E-state index contributed by atoms with van der Waals surface area (Å²) in [5.41, 5.74) is 7.04. The van der Waals surface area contributed by atoms with Gasteiger partial charge in [-0.05, 0) is 68.9 Å². The van der Waals surface area contributed by atoms with Crippen LogP contribution in [0.15, 0.2) is 72.0 Å². The highest BCUT2D eigenvalue weighted by Crippen LogP contribution is 2.25. The lowest BCUT2D eigenvalue weighted by Gasteiger charge is -2.32. The summed E-state index contributed by atoms with van der Waals surface area (Å²) in [6.45, 7) is 14.9. The van der Waals surface area contributed by atoms with Crippen LogP contribution in [0, 0.1) is 5.92 Å². The zero-order valence-electron chi connectivity index (χ0n) is 18.2. The van der Waals surface area contributed by atoms with Crippen LogP contribution in [-0.2, 0) is 0 Å². The average Bonchev–Trinajstić information content (AvgIpc) is 2.69. The Hall–Kier alpha value is -2.81. The fourth-order valence-electron chi connectivity index (χ4n) is 3.85. The largest absolute Gasteiger partial charge is 0.371 e. The van der Waals surface area contributed by atoms with E-state index in [1.54, 1.807) is 0 Å². The minimum absolute atomic E-state index is 0.755. The lowest BCUT2D eigenvalue weighted by atomic mass is 10.00. The molecule has 1 saturated heterocycles. The van der Waals surface area contributed by atoms with Gasteiger partial charge >= 0.3 is 0 Å². The molecule has 2 heterocycles. The minimum Gasteiger partial charge on any atom is -0.371 e. The van der Waals surface area contributed by atoms with Crippen LogP contribution in [0.1, 0.15) is 46.1 Å². The van der Waals surface area contributed by atoms with E-state index in [4.69, 9.17) is 0 Å². The topological polar surface area (TPSA) is 28.2 Å². The van der Waals surface area contributed by atoms with Crippen molar-refractivity contribution in [2.24, 2.45) is 5.92 Å². The summed E-state index contributed by atoms with van der Waals surface area (Å²) in [7, 11) is 0. The van der Waals surface area contributed by atoms with E-state index in [9.17, 15) is 0 Å². The second-order valence-corrected chi connectivity index (χ2v) is 8.37. The highest BCUT2D eigenvalue weighted by Gasteiger charge is 2.16. The molecule has 3 heteroatoms. The fraction of sp³-hybridized carbons (Fsp3) is 0.346. The molecule has 0 saturated carbocycles. The normalized spacial score (nSPS) is 16.7. The van der Waals surface area contributed by atoms with Crippen molar-refractivity contribution in [3.63, 3.8) is 0 Å². The van der Waals surface area contributed by atoms with Crippen LogP contribution in [-0.4, -0.2) is 18.1 Å². The van der Waals surface area contributed by atoms with Crippen molar-refractivity contribution >= 4 is 23.3 Å². The van der Waals surface area contributed by atoms with E-state index >= 15 is 0 Å². The monoisotopic (exact) mass is 387 g/mol. The minimum atomic E-state index is 0.755. The first-order valence-electron chi connectivity index (χ1n) is 10.5. The maximum absolute atomic E-state index is 4.50. The van der Waals surface area contributed by atoms with E-state index in [0.717, 1.165) is 36.1 Å². The van der Waals surface area contributed by atoms with E-state index in [0.29, 0.717) is 0 Å². The van der Waals surface area contributed by atoms with Gasteiger partial charge in [-0.25, -0.2) is 4.98 Å². The highest BCUT2D eigenvalue weighted by molar-refractivity contribution is 5.64. The molecular formula is C26H33N3. The molecule has 2 aromatic rings. The molecule has 1 aromatic carbocycles. The van der Waals surface area contributed by atoms with Crippen molar-refractivity contribution in [2.75, 3.05) is 23.3 Å². The first-order chi connectivity index (χ1) is 13.9. The van der Waals surface area contributed by atoms with Gasteiger partial charge in [0.05, 0.1) is 0 Å². The van der Waals surface area contributed by atoms with E-state index in [2.05, 4.69) is 91.1 Å². The van der Waals surface area contributed by atoms with Crippen LogP contribution in [0.3, 0.4) is 0 Å². The Bertz CT molecular complexity index is 902. The summed E-state index contributed by atoms with van der Waals surface area (Å²) in [6, 6.07) is 12.7. The Labute approximate surface area is 175 Å². The lowest BCUT2D eigenvalue weighted by Crippen LogP contribution is -2.34. The van der Waals surface area contributed by atoms with Gasteiger partial charge in [0.25, 0.3) is 0 Å². The molecule has 1 aliphatic heterocycles. The van der Waals surface area contributed by atoms with Gasteiger partial charge < -0.3 is 10.2 Å². The molecule has 1 unspecified atom stereocenters. The van der Waals surface area contributed by atoms with E-state index in [1.165, 1.54) is 35.2 Å². The van der Waals surface area contributed by atoms with Crippen molar-refractivity contribution in [3.8, 4) is 0 Å². The molecule has 3 rings (SSSR count). The number of nitrogens with zero attached hydrogens (tertiary/aromatic N) is 2. The third kappa shape index (κ3) is 5.83. The number of hydrogen-bond acceptors (Lipinski definition) is 3. The summed E-state index contributed by atoms with van der Waals surface area (Å²) in [5, 5.41) is 3.44. The molecule has 3 nitrogen and oxygen atoms in total. The summed E-state index contributed by atoms with van der Waals surface area (Å²) in [5.74, 6) is 1.64. The molecule has 0 spiro atoms. The van der Waals surface area contributed by atoms with Crippen molar-refractivity contribution in [1.29, 1.82) is 0 Å². The molecule has 1 atom stereocenters. The lowest BCUT2D eigenvalue weighted by molar-refractivity contribution is 0.447. The van der Waals surface area contributed by atoms with Crippen molar-refractivity contribution in [3.05, 3.63) is 77.5 Å². The average molecular weight is 388 g/mol. The summed E-state index contributed by atoms with van der Waals surface area (Å²) >= 11 is 0. The van der Waals surface area contributed by atoms with Crippen LogP contribution in [0.25, 0.3) is 6.08 Å². The van der Waals surface area contributed by atoms with Gasteiger partial charge in [0.15, 0.2) is 0 Å². The number of benzene rings is 1. The van der Waals surface area contributed by atoms with Crippen LogP contribution in [0.5, 0.6) is 0 Å². The van der Waals surface area contributed by atoms with Crippen LogP contribution < -0.4 is 10.2 Å². The Balaban J connectivity index is 1.68. The maximum Gasteiger partial charge on any atom is 0.132 e. The molecule has 29 heavy (non-hydrogen) atoms. The highest BCUT2D eigenvalue weighted by atomic mass is 15.1. The smallest absolute Gasteiger partial charge is 0.132 e. The first kappa shape index (κ1) is 20.9. The van der Waals surface area contributed by atoms with E-state index in [1.807, 2.05) is 13.1 Å². The van der Waals surface area contributed by atoms with Crippen molar-refractivity contribution in [1.82, 2.24) is 4.98 Å². The number of piperidine rings is 1. The molecule has 1 fully saturated rings. The Kier molecular flexibility index (Phi) is 6.92. The van der Waals surface area contributed by atoms with Crippen molar-refractivity contribution < 1.29 is 0 Å². The van der Waals surface area contributed by atoms with Gasteiger partial charge in [0, 0.05) is 36.7 Å². The maximum atomic E-state index is 4.50. The van der Waals surface area contributed by atoms with Gasteiger partial charge in [-0.15, -0.1) is 0 Å². The molecule has 0 radical (unpaired) electrons. The predicted molar refractivity (Wildman–Crippen MR) is 127 cm³/mol. The van der Waals surface area contributed by atoms with Crippen molar-refractivity contribution in [2.45, 2.75) is 40.5 Å². The standard InChI is InChI=1S/C26H33N3/c1-19(2)25(20(3)4)13-10-22-8-11-23(12-9-22)28-26-17-24(14-15-27-26)29-16-6-7-21(5)18-29/h8-15,17,21H,1,6-7,16,18H2,2-5H3,(H,27,28)/b13-10+. The summed E-state index contributed by atoms with van der Waals surface area (Å²) in [4.78, 5) is 6.97. The molecule has 152 valence electrons. The van der Waals surface area contributed by atoms with E-state index in [-0.39, 0.29) is 0 Å². The molecule has 1 aliphatic rings. The Morgan fingerprint density at radius 1 is 1.17 bits per heavy atom. The van der Waals surface area contributed by atoms with Gasteiger partial charge in [-0.3, -0.25) is 0 Å². The summed E-state index contributed by atoms with van der Waals surface area (Å²) in [6.07, 6.45) is 8.77. The third-order valence-corrected chi connectivity index (χ3v) is 5.39. The van der Waals surface area contributed by atoms with Crippen LogP contribution in [0.2, 0.25) is 0 Å². The second kappa shape index (κ2) is 9.60. The Morgan fingerprint density at radius 2 is 1.93 bits per heavy atom. The second-order valence-electron chi connectivity index (χ2n) is 8.37. The number of anilines is 3. The molecular weight excluding hydrogens is 354 g/mol. The number of pyridine rings is 1. The van der Waals surface area contributed by atoms with Crippen LogP contribution in [0.4, 0.5) is 17.2 Å². The molecule has 0 amide bonds. The van der Waals surface area contributed by atoms with Gasteiger partial charge in [0.1, 0.15) is 5.82 Å². The number of nitrogens with one attached hydrogen (secondary N) is 1. The van der Waals surface area contributed by atoms with Crippen LogP contribution >= 0.6 is 0 Å². The third-order valence-electron chi connectivity index (χ3n) is 5.39. The molecule has 0 aliphatic carbocycles. The summed E-state index contributed by atoms with van der Waals surface area (Å²) < 4.78 is 0. The fourth-order valence-corrected chi connectivity index (χ4v) is 3.85. The first-order valence-corrected chi connectivity index (χ1v) is 10.5. The number of hydrogen-bond donors (Lipinski definition) is 1. The zero-order valence-corrected chi connectivity index (χ0v) is 18.2.